The summed E-state index contributed by atoms with van der Waals surface area (Å²) in [4.78, 5) is 8.66. The lowest BCUT2D eigenvalue weighted by atomic mass is 10.1. The second kappa shape index (κ2) is 6.26. The van der Waals surface area contributed by atoms with Crippen LogP contribution in [0.2, 0.25) is 0 Å². The molecule has 3 nitrogen and oxygen atoms in total. The van der Waals surface area contributed by atoms with Gasteiger partial charge < -0.3 is 9.80 Å². The zero-order valence-electron chi connectivity index (χ0n) is 9.83. The summed E-state index contributed by atoms with van der Waals surface area (Å²) < 4.78 is 0. The topological polar surface area (TPSA) is 18.8 Å². The monoisotopic (exact) mass is 229 g/mol. The molecule has 0 aromatic rings. The summed E-state index contributed by atoms with van der Waals surface area (Å²) in [5.41, 5.74) is 1.38. The van der Waals surface area contributed by atoms with Gasteiger partial charge in [-0.15, -0.1) is 0 Å². The molecule has 0 radical (unpaired) electrons. The Morgan fingerprint density at radius 2 is 2.00 bits per heavy atom. The summed E-state index contributed by atoms with van der Waals surface area (Å²) >= 11 is 5.81. The van der Waals surface area contributed by atoms with Gasteiger partial charge in [0.15, 0.2) is 0 Å². The highest BCUT2D eigenvalue weighted by molar-refractivity contribution is 6.65. The van der Waals surface area contributed by atoms with E-state index in [1.54, 1.807) is 0 Å². The van der Waals surface area contributed by atoms with Gasteiger partial charge in [-0.25, -0.2) is 4.99 Å². The van der Waals surface area contributed by atoms with E-state index in [2.05, 4.69) is 35.9 Å². The molecule has 0 spiro atoms. The van der Waals surface area contributed by atoms with Crippen molar-refractivity contribution in [2.24, 2.45) is 4.99 Å². The molecule has 0 unspecified atom stereocenters. The van der Waals surface area contributed by atoms with E-state index in [0.717, 1.165) is 37.6 Å². The van der Waals surface area contributed by atoms with Crippen LogP contribution in [0.5, 0.6) is 0 Å². The van der Waals surface area contributed by atoms with E-state index in [4.69, 9.17) is 11.6 Å². The van der Waals surface area contributed by atoms with Gasteiger partial charge in [-0.2, -0.15) is 0 Å². The summed E-state index contributed by atoms with van der Waals surface area (Å²) in [6.45, 7) is 3.18. The van der Waals surface area contributed by atoms with E-state index < -0.39 is 0 Å². The molecular formula is C11H20ClN3. The minimum Gasteiger partial charge on any atom is -0.308 e. The zero-order chi connectivity index (χ0) is 11.3. The minimum atomic E-state index is 0.731. The van der Waals surface area contributed by atoms with Crippen molar-refractivity contribution in [3.05, 3.63) is 11.8 Å². The molecule has 0 N–H and O–H groups in total. The highest BCUT2D eigenvalue weighted by Crippen LogP contribution is 2.14. The van der Waals surface area contributed by atoms with Crippen LogP contribution in [-0.4, -0.2) is 55.7 Å². The second-order valence-electron chi connectivity index (χ2n) is 4.33. The Morgan fingerprint density at radius 3 is 2.53 bits per heavy atom. The first-order valence-electron chi connectivity index (χ1n) is 5.31. The molecule has 0 saturated heterocycles. The van der Waals surface area contributed by atoms with Crippen molar-refractivity contribution in [2.45, 2.75) is 12.8 Å². The average molecular weight is 230 g/mol. The van der Waals surface area contributed by atoms with Crippen LogP contribution in [0, 0.1) is 0 Å². The average Bonchev–Trinajstić information content (AvgIpc) is 2.19. The molecule has 1 heterocycles. The molecule has 0 amide bonds. The molecule has 0 atom stereocenters. The van der Waals surface area contributed by atoms with E-state index in [9.17, 15) is 0 Å². The first-order chi connectivity index (χ1) is 7.08. The minimum absolute atomic E-state index is 0.731. The number of hydrogen-bond acceptors (Lipinski definition) is 3. The molecule has 1 rings (SSSR count). The van der Waals surface area contributed by atoms with Crippen molar-refractivity contribution in [3.63, 3.8) is 0 Å². The van der Waals surface area contributed by atoms with Crippen molar-refractivity contribution >= 4 is 16.8 Å². The van der Waals surface area contributed by atoms with Crippen LogP contribution >= 0.6 is 11.6 Å². The van der Waals surface area contributed by atoms with Gasteiger partial charge in [-0.3, -0.25) is 0 Å². The fraction of sp³-hybridized carbons (Fsp3) is 0.727. The highest BCUT2D eigenvalue weighted by atomic mass is 35.5. The lowest BCUT2D eigenvalue weighted by Gasteiger charge is -2.21. The lowest BCUT2D eigenvalue weighted by molar-refractivity contribution is 0.296. The molecular weight excluding hydrogens is 210 g/mol. The summed E-state index contributed by atoms with van der Waals surface area (Å²) in [5, 5.41) is 0.731. The molecule has 1 aliphatic heterocycles. The van der Waals surface area contributed by atoms with E-state index >= 15 is 0 Å². The van der Waals surface area contributed by atoms with Crippen molar-refractivity contribution in [2.75, 3.05) is 40.8 Å². The summed E-state index contributed by atoms with van der Waals surface area (Å²) in [5.74, 6) is 0. The third-order valence-corrected chi connectivity index (χ3v) is 2.73. The van der Waals surface area contributed by atoms with Crippen LogP contribution < -0.4 is 0 Å². The van der Waals surface area contributed by atoms with Gasteiger partial charge in [-0.05, 0) is 33.1 Å². The molecule has 0 fully saturated rings. The Labute approximate surface area is 97.4 Å². The fourth-order valence-electron chi connectivity index (χ4n) is 1.47. The molecule has 0 saturated carbocycles. The Balaban J connectivity index is 2.29. The number of aliphatic imine (C=N–C) groups is 1. The van der Waals surface area contributed by atoms with E-state index in [0.29, 0.717) is 0 Å². The van der Waals surface area contributed by atoms with E-state index in [1.807, 2.05) is 6.20 Å². The normalized spacial score (nSPS) is 16.9. The maximum absolute atomic E-state index is 5.81. The zero-order valence-corrected chi connectivity index (χ0v) is 10.6. The first kappa shape index (κ1) is 12.7. The quantitative estimate of drug-likeness (QED) is 0.716. The smallest absolute Gasteiger partial charge is 0.106 e. The maximum atomic E-state index is 5.81. The summed E-state index contributed by atoms with van der Waals surface area (Å²) in [7, 11) is 6.33. The lowest BCUT2D eigenvalue weighted by Crippen LogP contribution is -2.30. The Morgan fingerprint density at radius 1 is 1.27 bits per heavy atom. The van der Waals surface area contributed by atoms with Crippen molar-refractivity contribution < 1.29 is 0 Å². The van der Waals surface area contributed by atoms with Crippen LogP contribution in [0.3, 0.4) is 0 Å². The van der Waals surface area contributed by atoms with E-state index in [1.165, 1.54) is 5.57 Å². The third-order valence-electron chi connectivity index (χ3n) is 2.44. The van der Waals surface area contributed by atoms with Crippen LogP contribution in [0.25, 0.3) is 0 Å². The summed E-state index contributed by atoms with van der Waals surface area (Å²) in [6, 6.07) is 0. The molecule has 0 aliphatic carbocycles. The molecule has 15 heavy (non-hydrogen) atoms. The number of halogens is 1. The number of nitrogens with zero attached hydrogens (tertiary/aromatic N) is 3. The van der Waals surface area contributed by atoms with Gasteiger partial charge >= 0.3 is 0 Å². The Bertz CT molecular complexity index is 259. The maximum Gasteiger partial charge on any atom is 0.106 e. The van der Waals surface area contributed by atoms with Crippen molar-refractivity contribution in [3.8, 4) is 0 Å². The molecule has 4 heteroatoms. The standard InChI is InChI=1S/C11H20ClN3/c1-14(2)6-7-15(3)9-10-4-5-11(12)13-8-10/h8H,4-7,9H2,1-3H3. The first-order valence-corrected chi connectivity index (χ1v) is 5.69. The van der Waals surface area contributed by atoms with Gasteiger partial charge in [0.05, 0.1) is 0 Å². The van der Waals surface area contributed by atoms with Crippen LogP contribution in [0.4, 0.5) is 0 Å². The Hall–Kier alpha value is -0.380. The number of likely N-dealkylation sites (N-methyl/N-ethyl adjacent to an activating group) is 2. The molecule has 0 bridgehead atoms. The van der Waals surface area contributed by atoms with Gasteiger partial charge in [-0.1, -0.05) is 11.6 Å². The van der Waals surface area contributed by atoms with Crippen LogP contribution in [0.1, 0.15) is 12.8 Å². The van der Waals surface area contributed by atoms with Gasteiger partial charge in [0.2, 0.25) is 0 Å². The summed E-state index contributed by atoms with van der Waals surface area (Å²) in [6.07, 6.45) is 3.86. The van der Waals surface area contributed by atoms with Crippen LogP contribution in [0.15, 0.2) is 16.8 Å². The van der Waals surface area contributed by atoms with Gasteiger partial charge in [0.25, 0.3) is 0 Å². The second-order valence-corrected chi connectivity index (χ2v) is 4.77. The van der Waals surface area contributed by atoms with E-state index in [-0.39, 0.29) is 0 Å². The van der Waals surface area contributed by atoms with Gasteiger partial charge in [0, 0.05) is 32.3 Å². The Kier molecular flexibility index (Phi) is 5.29. The van der Waals surface area contributed by atoms with Crippen LogP contribution in [-0.2, 0) is 0 Å². The molecule has 0 aromatic carbocycles. The largest absolute Gasteiger partial charge is 0.308 e. The molecule has 86 valence electrons. The highest BCUT2D eigenvalue weighted by Gasteiger charge is 2.08. The fourth-order valence-corrected chi connectivity index (χ4v) is 1.61. The molecule has 0 aromatic heterocycles. The predicted molar refractivity (Wildman–Crippen MR) is 66.7 cm³/mol. The SMILES string of the molecule is CN(C)CCN(C)CC1=CN=C(Cl)CC1. The van der Waals surface area contributed by atoms with Crippen molar-refractivity contribution in [1.82, 2.24) is 9.80 Å². The number of hydrogen-bond donors (Lipinski definition) is 0. The third kappa shape index (κ3) is 5.30. The molecule has 1 aliphatic rings. The van der Waals surface area contributed by atoms with Crippen molar-refractivity contribution in [1.29, 1.82) is 0 Å². The van der Waals surface area contributed by atoms with Gasteiger partial charge in [0.1, 0.15) is 5.17 Å². The number of rotatable bonds is 5. The predicted octanol–water partition coefficient (Wildman–Crippen LogP) is 1.79.